The number of aryl methyl sites for hydroxylation is 1. The summed E-state index contributed by atoms with van der Waals surface area (Å²) in [5, 5.41) is 4.42. The lowest BCUT2D eigenvalue weighted by molar-refractivity contribution is 0.0934. The van der Waals surface area contributed by atoms with E-state index in [0.29, 0.717) is 24.5 Å². The number of hydrogen-bond donors (Lipinski definition) is 2. The smallest absolute Gasteiger partial charge is 0.270 e. The van der Waals surface area contributed by atoms with Crippen molar-refractivity contribution in [1.82, 2.24) is 10.3 Å². The third-order valence-electron chi connectivity index (χ3n) is 2.94. The second-order valence-corrected chi connectivity index (χ2v) is 4.31. The molecule has 0 aliphatic carbocycles. The summed E-state index contributed by atoms with van der Waals surface area (Å²) in [6.07, 6.45) is 1.67. The highest BCUT2D eigenvalue weighted by Gasteiger charge is 2.13. The van der Waals surface area contributed by atoms with E-state index in [2.05, 4.69) is 10.3 Å². The van der Waals surface area contributed by atoms with Crippen molar-refractivity contribution in [2.24, 2.45) is 0 Å². The highest BCUT2D eigenvalue weighted by molar-refractivity contribution is 6.08. The summed E-state index contributed by atoms with van der Waals surface area (Å²) in [4.78, 5) is 16.3. The molecule has 0 spiro atoms. The maximum absolute atomic E-state index is 12.1. The molecule has 5 nitrogen and oxygen atoms in total. The minimum absolute atomic E-state index is 0.215. The molecular weight excluding hydrogens is 242 g/mol. The summed E-state index contributed by atoms with van der Waals surface area (Å²) in [6, 6.07) is 5.50. The quantitative estimate of drug-likeness (QED) is 0.644. The molecule has 0 aliphatic rings. The van der Waals surface area contributed by atoms with E-state index in [9.17, 15) is 4.79 Å². The number of pyridine rings is 1. The topological polar surface area (TPSA) is 77.2 Å². The molecule has 0 radical (unpaired) electrons. The number of rotatable bonds is 4. The van der Waals surface area contributed by atoms with Crippen LogP contribution < -0.4 is 11.1 Å². The van der Waals surface area contributed by atoms with Crippen LogP contribution in [-0.2, 0) is 4.74 Å². The molecule has 0 atom stereocenters. The van der Waals surface area contributed by atoms with Crippen molar-refractivity contribution in [3.8, 4) is 0 Å². The van der Waals surface area contributed by atoms with Crippen molar-refractivity contribution in [3.63, 3.8) is 0 Å². The van der Waals surface area contributed by atoms with Crippen molar-refractivity contribution in [2.75, 3.05) is 26.0 Å². The standard InChI is InChI=1S/C14H17N3O2/c1-9-8-17-13(14(18)16-6-7-19-2)10-4-3-5-11(15)12(9)10/h3-5,8H,6-7,15H2,1-2H3,(H,16,18). The van der Waals surface area contributed by atoms with E-state index in [-0.39, 0.29) is 5.91 Å². The van der Waals surface area contributed by atoms with Gasteiger partial charge in [0.2, 0.25) is 0 Å². The monoisotopic (exact) mass is 259 g/mol. The van der Waals surface area contributed by atoms with Crippen molar-refractivity contribution >= 4 is 22.4 Å². The van der Waals surface area contributed by atoms with Crippen molar-refractivity contribution in [2.45, 2.75) is 6.92 Å². The molecule has 0 saturated carbocycles. The molecule has 1 aromatic heterocycles. The summed E-state index contributed by atoms with van der Waals surface area (Å²) < 4.78 is 4.90. The zero-order valence-electron chi connectivity index (χ0n) is 11.1. The zero-order chi connectivity index (χ0) is 13.8. The maximum atomic E-state index is 12.1. The van der Waals surface area contributed by atoms with Crippen molar-refractivity contribution in [1.29, 1.82) is 0 Å². The van der Waals surface area contributed by atoms with E-state index >= 15 is 0 Å². The molecule has 0 bridgehead atoms. The first-order valence-electron chi connectivity index (χ1n) is 6.06. The number of benzene rings is 1. The Labute approximate surface area is 111 Å². The van der Waals surface area contributed by atoms with E-state index in [1.165, 1.54) is 0 Å². The second-order valence-electron chi connectivity index (χ2n) is 4.31. The highest BCUT2D eigenvalue weighted by Crippen LogP contribution is 2.25. The van der Waals surface area contributed by atoms with Crippen molar-refractivity contribution < 1.29 is 9.53 Å². The minimum Gasteiger partial charge on any atom is -0.398 e. The zero-order valence-corrected chi connectivity index (χ0v) is 11.1. The minimum atomic E-state index is -0.215. The Morgan fingerprint density at radius 1 is 1.47 bits per heavy atom. The number of nitrogen functional groups attached to an aromatic ring is 1. The summed E-state index contributed by atoms with van der Waals surface area (Å²) in [5.41, 5.74) is 7.98. The Bertz CT molecular complexity index is 603. The number of hydrogen-bond acceptors (Lipinski definition) is 4. The molecule has 2 aromatic rings. The van der Waals surface area contributed by atoms with Crippen LogP contribution >= 0.6 is 0 Å². The van der Waals surface area contributed by atoms with Crippen LogP contribution in [0.5, 0.6) is 0 Å². The lowest BCUT2D eigenvalue weighted by Gasteiger charge is -2.10. The van der Waals surface area contributed by atoms with Crippen molar-refractivity contribution in [3.05, 3.63) is 35.7 Å². The lowest BCUT2D eigenvalue weighted by atomic mass is 10.0. The molecule has 5 heteroatoms. The molecule has 0 saturated heterocycles. The van der Waals surface area contributed by atoms with Crippen LogP contribution in [-0.4, -0.2) is 31.2 Å². The van der Waals surface area contributed by atoms with Crippen LogP contribution in [0.15, 0.2) is 24.4 Å². The number of amides is 1. The number of carbonyl (C=O) groups excluding carboxylic acids is 1. The Kier molecular flexibility index (Phi) is 3.97. The summed E-state index contributed by atoms with van der Waals surface area (Å²) >= 11 is 0. The van der Waals surface area contributed by atoms with Gasteiger partial charge in [0.15, 0.2) is 0 Å². The van der Waals surface area contributed by atoms with Gasteiger partial charge in [0.25, 0.3) is 5.91 Å². The van der Waals surface area contributed by atoms with Crippen LogP contribution in [0.4, 0.5) is 5.69 Å². The number of carbonyl (C=O) groups is 1. The van der Waals surface area contributed by atoms with Crippen LogP contribution in [0.2, 0.25) is 0 Å². The van der Waals surface area contributed by atoms with Crippen LogP contribution in [0.3, 0.4) is 0 Å². The largest absolute Gasteiger partial charge is 0.398 e. The number of aromatic nitrogens is 1. The van der Waals surface area contributed by atoms with Crippen LogP contribution in [0.25, 0.3) is 10.8 Å². The number of methoxy groups -OCH3 is 1. The van der Waals surface area contributed by atoms with Gasteiger partial charge in [-0.2, -0.15) is 0 Å². The molecule has 1 heterocycles. The van der Waals surface area contributed by atoms with Crippen LogP contribution in [0, 0.1) is 6.92 Å². The molecule has 2 rings (SSSR count). The van der Waals surface area contributed by atoms with Gasteiger partial charge in [-0.1, -0.05) is 12.1 Å². The molecule has 1 amide bonds. The Balaban J connectivity index is 2.42. The number of nitrogens with zero attached hydrogens (tertiary/aromatic N) is 1. The highest BCUT2D eigenvalue weighted by atomic mass is 16.5. The number of anilines is 1. The summed E-state index contributed by atoms with van der Waals surface area (Å²) in [6.45, 7) is 2.85. The number of nitrogens with one attached hydrogen (secondary N) is 1. The molecule has 0 aliphatic heterocycles. The Morgan fingerprint density at radius 2 is 2.26 bits per heavy atom. The summed E-state index contributed by atoms with van der Waals surface area (Å²) in [5.74, 6) is -0.215. The Hall–Kier alpha value is -2.14. The third-order valence-corrected chi connectivity index (χ3v) is 2.94. The molecule has 1 aromatic carbocycles. The number of ether oxygens (including phenoxy) is 1. The van der Waals surface area contributed by atoms with Gasteiger partial charge in [0, 0.05) is 36.3 Å². The fraction of sp³-hybridized carbons (Fsp3) is 0.286. The van der Waals surface area contributed by atoms with Gasteiger partial charge in [-0.25, -0.2) is 0 Å². The maximum Gasteiger partial charge on any atom is 0.270 e. The molecule has 19 heavy (non-hydrogen) atoms. The van der Waals surface area contributed by atoms with Gasteiger partial charge in [-0.05, 0) is 18.6 Å². The average Bonchev–Trinajstić information content (AvgIpc) is 2.39. The first kappa shape index (κ1) is 13.3. The van der Waals surface area contributed by atoms with Gasteiger partial charge in [0.05, 0.1) is 6.61 Å². The van der Waals surface area contributed by atoms with Gasteiger partial charge in [-0.15, -0.1) is 0 Å². The van der Waals surface area contributed by atoms with E-state index in [1.54, 1.807) is 13.3 Å². The normalized spacial score (nSPS) is 10.6. The predicted molar refractivity (Wildman–Crippen MR) is 75.1 cm³/mol. The lowest BCUT2D eigenvalue weighted by Crippen LogP contribution is -2.28. The Morgan fingerprint density at radius 3 is 3.00 bits per heavy atom. The fourth-order valence-electron chi connectivity index (χ4n) is 2.03. The van der Waals surface area contributed by atoms with Gasteiger partial charge in [0.1, 0.15) is 5.69 Å². The first-order valence-corrected chi connectivity index (χ1v) is 6.06. The van der Waals surface area contributed by atoms with Gasteiger partial charge in [-0.3, -0.25) is 9.78 Å². The van der Waals surface area contributed by atoms with E-state index in [1.807, 2.05) is 25.1 Å². The molecule has 0 unspecified atom stereocenters. The number of fused-ring (bicyclic) bond motifs is 1. The average molecular weight is 259 g/mol. The summed E-state index contributed by atoms with van der Waals surface area (Å²) in [7, 11) is 1.59. The first-order chi connectivity index (χ1) is 9.15. The van der Waals surface area contributed by atoms with Gasteiger partial charge >= 0.3 is 0 Å². The van der Waals surface area contributed by atoms with E-state index in [4.69, 9.17) is 10.5 Å². The van der Waals surface area contributed by atoms with E-state index < -0.39 is 0 Å². The second kappa shape index (κ2) is 5.67. The number of nitrogens with two attached hydrogens (primary N) is 1. The molecule has 3 N–H and O–H groups in total. The van der Waals surface area contributed by atoms with E-state index in [0.717, 1.165) is 16.3 Å². The molecule has 100 valence electrons. The predicted octanol–water partition coefficient (Wildman–Crippen LogP) is 1.50. The molecule has 0 fully saturated rings. The fourth-order valence-corrected chi connectivity index (χ4v) is 2.03. The third kappa shape index (κ3) is 2.66. The van der Waals surface area contributed by atoms with Gasteiger partial charge < -0.3 is 15.8 Å². The molecular formula is C14H17N3O2. The van der Waals surface area contributed by atoms with Crippen LogP contribution in [0.1, 0.15) is 16.1 Å². The SMILES string of the molecule is COCCNC(=O)c1ncc(C)c2c(N)cccc12.